The maximum Gasteiger partial charge on any atom is 0.226 e. The van der Waals surface area contributed by atoms with E-state index in [0.717, 1.165) is 38.9 Å². The molecule has 0 bridgehead atoms. The fourth-order valence-corrected chi connectivity index (χ4v) is 4.06. The number of rotatable bonds is 2. The minimum atomic E-state index is 0.0678. The van der Waals surface area contributed by atoms with Crippen molar-refractivity contribution in [1.82, 2.24) is 9.88 Å². The molecule has 2 aliphatic rings. The van der Waals surface area contributed by atoms with Crippen LogP contribution in [0.25, 0.3) is 0 Å². The van der Waals surface area contributed by atoms with E-state index in [2.05, 4.69) is 22.4 Å². The molecule has 2 aromatic rings. The second kappa shape index (κ2) is 7.04. The molecule has 0 saturated carbocycles. The molecule has 2 unspecified atom stereocenters. The van der Waals surface area contributed by atoms with Gasteiger partial charge in [0.15, 0.2) is 0 Å². The van der Waals surface area contributed by atoms with Gasteiger partial charge in [-0.05, 0) is 42.5 Å². The maximum atomic E-state index is 13.1. The number of hydrogen-bond acceptors (Lipinski definition) is 3. The summed E-state index contributed by atoms with van der Waals surface area (Å²) in [5.41, 5.74) is 3.59. The van der Waals surface area contributed by atoms with Gasteiger partial charge in [0.05, 0.1) is 0 Å². The molecule has 0 aliphatic carbocycles. The Hall–Kier alpha value is -2.07. The standard InChI is InChI=1S/C20H22ClN3O/c21-19-6-5-16(12-23-19)17-8-10-24(13-17)20(25)15-7-9-22-18-4-2-1-3-14(18)11-15/h1-6,12,15,17,22H,7-11,13H2. The van der Waals surface area contributed by atoms with E-state index in [1.54, 1.807) is 0 Å². The topological polar surface area (TPSA) is 45.2 Å². The molecule has 3 heterocycles. The fraction of sp³-hybridized carbons (Fsp3) is 0.400. The molecule has 1 amide bonds. The highest BCUT2D eigenvalue weighted by atomic mass is 35.5. The third-order valence-electron chi connectivity index (χ3n) is 5.36. The Bertz CT molecular complexity index is 762. The predicted octanol–water partition coefficient (Wildman–Crippen LogP) is 3.73. The number of likely N-dealkylation sites (tertiary alicyclic amines) is 1. The van der Waals surface area contributed by atoms with Crippen LogP contribution in [0.3, 0.4) is 0 Å². The first-order valence-corrected chi connectivity index (χ1v) is 9.30. The number of aromatic nitrogens is 1. The van der Waals surface area contributed by atoms with Crippen LogP contribution in [0.5, 0.6) is 0 Å². The van der Waals surface area contributed by atoms with Crippen molar-refractivity contribution < 1.29 is 4.79 Å². The zero-order valence-corrected chi connectivity index (χ0v) is 14.9. The van der Waals surface area contributed by atoms with Gasteiger partial charge in [-0.1, -0.05) is 35.9 Å². The molecular formula is C20H22ClN3O. The molecule has 5 heteroatoms. The SMILES string of the molecule is O=C(C1CCNc2ccccc2C1)N1CCC(c2ccc(Cl)nc2)C1. The molecular weight excluding hydrogens is 334 g/mol. The summed E-state index contributed by atoms with van der Waals surface area (Å²) in [5, 5.41) is 3.96. The van der Waals surface area contributed by atoms with Crippen molar-refractivity contribution in [2.24, 2.45) is 5.92 Å². The zero-order chi connectivity index (χ0) is 17.2. The van der Waals surface area contributed by atoms with Gasteiger partial charge >= 0.3 is 0 Å². The Morgan fingerprint density at radius 1 is 1.20 bits per heavy atom. The largest absolute Gasteiger partial charge is 0.385 e. The van der Waals surface area contributed by atoms with Crippen LogP contribution in [0.4, 0.5) is 5.69 Å². The molecule has 2 atom stereocenters. The van der Waals surface area contributed by atoms with Crippen LogP contribution in [0.1, 0.15) is 29.9 Å². The first-order chi connectivity index (χ1) is 12.2. The quantitative estimate of drug-likeness (QED) is 0.835. The summed E-state index contributed by atoms with van der Waals surface area (Å²) in [5.74, 6) is 0.728. The van der Waals surface area contributed by atoms with Gasteiger partial charge in [-0.15, -0.1) is 0 Å². The van der Waals surface area contributed by atoms with E-state index in [9.17, 15) is 4.79 Å². The number of carbonyl (C=O) groups is 1. The lowest BCUT2D eigenvalue weighted by Gasteiger charge is -2.22. The van der Waals surface area contributed by atoms with E-state index in [4.69, 9.17) is 11.6 Å². The number of nitrogens with zero attached hydrogens (tertiary/aromatic N) is 2. The van der Waals surface area contributed by atoms with Gasteiger partial charge in [0.25, 0.3) is 0 Å². The summed E-state index contributed by atoms with van der Waals surface area (Å²) in [6.07, 6.45) is 4.55. The molecule has 4 nitrogen and oxygen atoms in total. The maximum absolute atomic E-state index is 13.1. The summed E-state index contributed by atoms with van der Waals surface area (Å²) < 4.78 is 0. The van der Waals surface area contributed by atoms with Gasteiger partial charge in [-0.25, -0.2) is 4.98 Å². The third kappa shape index (κ3) is 3.49. The Morgan fingerprint density at radius 3 is 2.92 bits per heavy atom. The van der Waals surface area contributed by atoms with Crippen LogP contribution >= 0.6 is 11.6 Å². The molecule has 1 aromatic heterocycles. The zero-order valence-electron chi connectivity index (χ0n) is 14.1. The van der Waals surface area contributed by atoms with E-state index in [1.807, 2.05) is 35.4 Å². The van der Waals surface area contributed by atoms with Crippen molar-refractivity contribution in [1.29, 1.82) is 0 Å². The van der Waals surface area contributed by atoms with Crippen LogP contribution < -0.4 is 5.32 Å². The molecule has 2 aliphatic heterocycles. The van der Waals surface area contributed by atoms with E-state index >= 15 is 0 Å². The lowest BCUT2D eigenvalue weighted by Crippen LogP contribution is -2.35. The lowest BCUT2D eigenvalue weighted by atomic mass is 9.95. The second-order valence-electron chi connectivity index (χ2n) is 6.96. The van der Waals surface area contributed by atoms with Crippen molar-refractivity contribution in [3.63, 3.8) is 0 Å². The Morgan fingerprint density at radius 2 is 2.08 bits per heavy atom. The van der Waals surface area contributed by atoms with Gasteiger partial charge in [-0.2, -0.15) is 0 Å². The average molecular weight is 356 g/mol. The smallest absolute Gasteiger partial charge is 0.226 e. The summed E-state index contributed by atoms with van der Waals surface area (Å²) in [6.45, 7) is 2.47. The molecule has 4 rings (SSSR count). The molecule has 0 spiro atoms. The summed E-state index contributed by atoms with van der Waals surface area (Å²) in [4.78, 5) is 19.3. The predicted molar refractivity (Wildman–Crippen MR) is 99.9 cm³/mol. The van der Waals surface area contributed by atoms with E-state index in [-0.39, 0.29) is 5.92 Å². The van der Waals surface area contributed by atoms with E-state index in [1.165, 1.54) is 16.8 Å². The highest BCUT2D eigenvalue weighted by molar-refractivity contribution is 6.29. The Labute approximate surface area is 153 Å². The number of benzene rings is 1. The van der Waals surface area contributed by atoms with Crippen molar-refractivity contribution >= 4 is 23.2 Å². The lowest BCUT2D eigenvalue weighted by molar-refractivity contribution is -0.134. The number of carbonyl (C=O) groups excluding carboxylic acids is 1. The highest BCUT2D eigenvalue weighted by Gasteiger charge is 2.32. The van der Waals surface area contributed by atoms with Crippen LogP contribution in [0, 0.1) is 5.92 Å². The third-order valence-corrected chi connectivity index (χ3v) is 5.59. The number of amides is 1. The van der Waals surface area contributed by atoms with Crippen molar-refractivity contribution in [2.75, 3.05) is 25.0 Å². The minimum absolute atomic E-state index is 0.0678. The summed E-state index contributed by atoms with van der Waals surface area (Å²) in [7, 11) is 0. The first-order valence-electron chi connectivity index (χ1n) is 8.93. The molecule has 130 valence electrons. The van der Waals surface area contributed by atoms with Gasteiger partial charge < -0.3 is 10.2 Å². The van der Waals surface area contributed by atoms with Gasteiger partial charge in [0.1, 0.15) is 5.15 Å². The minimum Gasteiger partial charge on any atom is -0.385 e. The molecule has 1 saturated heterocycles. The first kappa shape index (κ1) is 16.4. The highest BCUT2D eigenvalue weighted by Crippen LogP contribution is 2.31. The number of pyridine rings is 1. The van der Waals surface area contributed by atoms with E-state index < -0.39 is 0 Å². The van der Waals surface area contributed by atoms with Gasteiger partial charge in [0.2, 0.25) is 5.91 Å². The van der Waals surface area contributed by atoms with Crippen molar-refractivity contribution in [3.8, 4) is 0 Å². The Balaban J connectivity index is 1.44. The molecule has 0 radical (unpaired) electrons. The summed E-state index contributed by atoms with van der Waals surface area (Å²) >= 11 is 5.87. The molecule has 1 aromatic carbocycles. The van der Waals surface area contributed by atoms with Gasteiger partial charge in [0, 0.05) is 43.4 Å². The van der Waals surface area contributed by atoms with Gasteiger partial charge in [-0.3, -0.25) is 4.79 Å². The number of anilines is 1. The number of hydrogen-bond donors (Lipinski definition) is 1. The molecule has 25 heavy (non-hydrogen) atoms. The Kier molecular flexibility index (Phi) is 4.62. The van der Waals surface area contributed by atoms with Crippen LogP contribution in [0.2, 0.25) is 5.15 Å². The van der Waals surface area contributed by atoms with Crippen LogP contribution in [0.15, 0.2) is 42.6 Å². The monoisotopic (exact) mass is 355 g/mol. The van der Waals surface area contributed by atoms with Crippen molar-refractivity contribution in [3.05, 3.63) is 58.9 Å². The summed E-state index contributed by atoms with van der Waals surface area (Å²) in [6, 6.07) is 12.2. The fourth-order valence-electron chi connectivity index (χ4n) is 3.95. The van der Waals surface area contributed by atoms with Crippen LogP contribution in [-0.4, -0.2) is 35.4 Å². The molecule has 1 fully saturated rings. The second-order valence-corrected chi connectivity index (χ2v) is 7.35. The van der Waals surface area contributed by atoms with Crippen molar-refractivity contribution in [2.45, 2.75) is 25.2 Å². The van der Waals surface area contributed by atoms with Crippen LogP contribution in [-0.2, 0) is 11.2 Å². The van der Waals surface area contributed by atoms with E-state index in [0.29, 0.717) is 17.0 Å². The number of para-hydroxylation sites is 1. The number of halogens is 1. The number of nitrogens with one attached hydrogen (secondary N) is 1. The molecule has 1 N–H and O–H groups in total. The normalized spacial score (nSPS) is 22.8. The number of fused-ring (bicyclic) bond motifs is 1. The average Bonchev–Trinajstić information content (AvgIpc) is 3.02.